The van der Waals surface area contributed by atoms with Crippen LogP contribution in [0.25, 0.3) is 11.1 Å². The molecular formula is C23H34N2O. The van der Waals surface area contributed by atoms with Gasteiger partial charge >= 0.3 is 0 Å². The molecule has 3 nitrogen and oxygen atoms in total. The highest BCUT2D eigenvalue weighted by atomic mass is 16.1. The maximum atomic E-state index is 11.1. The molecule has 142 valence electrons. The van der Waals surface area contributed by atoms with Gasteiger partial charge in [0, 0.05) is 31.5 Å². The molecule has 0 aliphatic carbocycles. The highest BCUT2D eigenvalue weighted by Gasteiger charge is 2.13. The molecule has 0 amide bonds. The summed E-state index contributed by atoms with van der Waals surface area (Å²) >= 11 is 0. The number of H-pyrrole nitrogens is 1. The highest BCUT2D eigenvalue weighted by Crippen LogP contribution is 2.30. The predicted octanol–water partition coefficient (Wildman–Crippen LogP) is 5.79. The lowest BCUT2D eigenvalue weighted by molar-refractivity contribution is 0.624. The maximum absolute atomic E-state index is 11.1. The molecule has 1 aromatic carbocycles. The molecule has 26 heavy (non-hydrogen) atoms. The SMILES string of the molecule is CCCCCCCC.CN1CCCc2cc(-c3ccc(=O)[nH]c3)ccc21. The topological polar surface area (TPSA) is 36.1 Å². The van der Waals surface area contributed by atoms with E-state index in [4.69, 9.17) is 0 Å². The normalized spacial score (nSPS) is 13.0. The minimum atomic E-state index is -0.0588. The molecule has 1 aliphatic heterocycles. The van der Waals surface area contributed by atoms with Crippen molar-refractivity contribution >= 4 is 5.69 Å². The first-order chi connectivity index (χ1) is 12.7. The fourth-order valence-electron chi connectivity index (χ4n) is 3.41. The number of benzene rings is 1. The van der Waals surface area contributed by atoms with E-state index in [1.807, 2.05) is 6.07 Å². The van der Waals surface area contributed by atoms with E-state index < -0.39 is 0 Å². The number of nitrogens with one attached hydrogen (secondary N) is 1. The Morgan fingerprint density at radius 3 is 2.27 bits per heavy atom. The summed E-state index contributed by atoms with van der Waals surface area (Å²) in [5, 5.41) is 0. The van der Waals surface area contributed by atoms with Crippen molar-refractivity contribution in [1.29, 1.82) is 0 Å². The number of aromatic amines is 1. The molecule has 0 unspecified atom stereocenters. The number of nitrogens with zero attached hydrogens (tertiary/aromatic N) is 1. The van der Waals surface area contributed by atoms with E-state index in [1.54, 1.807) is 12.3 Å². The van der Waals surface area contributed by atoms with Crippen molar-refractivity contribution in [3.63, 3.8) is 0 Å². The van der Waals surface area contributed by atoms with E-state index in [2.05, 4.69) is 49.0 Å². The second kappa shape index (κ2) is 10.8. The molecule has 0 saturated carbocycles. The Morgan fingerprint density at radius 1 is 0.962 bits per heavy atom. The van der Waals surface area contributed by atoms with Crippen LogP contribution in [-0.4, -0.2) is 18.6 Å². The number of aryl methyl sites for hydroxylation is 1. The summed E-state index contributed by atoms with van der Waals surface area (Å²) in [5.74, 6) is 0. The largest absolute Gasteiger partial charge is 0.374 e. The van der Waals surface area contributed by atoms with Gasteiger partial charge in [-0.15, -0.1) is 0 Å². The Hall–Kier alpha value is -2.03. The van der Waals surface area contributed by atoms with E-state index in [-0.39, 0.29) is 5.56 Å². The number of hydrogen-bond acceptors (Lipinski definition) is 2. The van der Waals surface area contributed by atoms with Crippen molar-refractivity contribution in [3.05, 3.63) is 52.4 Å². The molecule has 0 saturated heterocycles. The summed E-state index contributed by atoms with van der Waals surface area (Å²) in [6.45, 7) is 5.64. The van der Waals surface area contributed by atoms with Gasteiger partial charge in [-0.2, -0.15) is 0 Å². The number of fused-ring (bicyclic) bond motifs is 1. The lowest BCUT2D eigenvalue weighted by Gasteiger charge is -2.27. The first kappa shape index (κ1) is 20.3. The summed E-state index contributed by atoms with van der Waals surface area (Å²) in [5.41, 5.74) is 4.89. The van der Waals surface area contributed by atoms with E-state index in [1.165, 1.54) is 61.8 Å². The average Bonchev–Trinajstić information content (AvgIpc) is 2.66. The fourth-order valence-corrected chi connectivity index (χ4v) is 3.41. The van der Waals surface area contributed by atoms with Crippen LogP contribution in [0.3, 0.4) is 0 Å². The first-order valence-corrected chi connectivity index (χ1v) is 10.2. The molecule has 3 rings (SSSR count). The Kier molecular flexibility index (Phi) is 8.46. The van der Waals surface area contributed by atoms with Crippen LogP contribution in [0.2, 0.25) is 0 Å². The zero-order chi connectivity index (χ0) is 18.8. The van der Waals surface area contributed by atoms with Gasteiger partial charge in [-0.1, -0.05) is 58.4 Å². The Bertz CT molecular complexity index is 694. The van der Waals surface area contributed by atoms with Crippen LogP contribution in [-0.2, 0) is 6.42 Å². The summed E-state index contributed by atoms with van der Waals surface area (Å²) in [6.07, 6.45) is 12.6. The number of hydrogen-bond donors (Lipinski definition) is 1. The van der Waals surface area contributed by atoms with Crippen LogP contribution in [0.4, 0.5) is 5.69 Å². The molecule has 0 atom stereocenters. The molecule has 1 aromatic heterocycles. The van der Waals surface area contributed by atoms with Crippen molar-refractivity contribution in [2.24, 2.45) is 0 Å². The lowest BCUT2D eigenvalue weighted by Crippen LogP contribution is -2.24. The summed E-state index contributed by atoms with van der Waals surface area (Å²) in [7, 11) is 2.14. The number of rotatable bonds is 6. The fraction of sp³-hybridized carbons (Fsp3) is 0.522. The van der Waals surface area contributed by atoms with Gasteiger partial charge in [-0.3, -0.25) is 4.79 Å². The lowest BCUT2D eigenvalue weighted by atomic mass is 9.97. The average molecular weight is 355 g/mol. The molecule has 1 aliphatic rings. The van der Waals surface area contributed by atoms with Gasteiger partial charge in [0.15, 0.2) is 0 Å². The van der Waals surface area contributed by atoms with Crippen LogP contribution in [0.1, 0.15) is 64.4 Å². The summed E-state index contributed by atoms with van der Waals surface area (Å²) in [4.78, 5) is 16.1. The predicted molar refractivity (Wildman–Crippen MR) is 113 cm³/mol. The Balaban J connectivity index is 0.000000260. The highest BCUT2D eigenvalue weighted by molar-refractivity contribution is 5.69. The van der Waals surface area contributed by atoms with Gasteiger partial charge in [-0.25, -0.2) is 0 Å². The number of pyridine rings is 1. The van der Waals surface area contributed by atoms with Crippen molar-refractivity contribution in [2.45, 2.75) is 65.2 Å². The second-order valence-corrected chi connectivity index (χ2v) is 7.22. The van der Waals surface area contributed by atoms with Gasteiger partial charge < -0.3 is 9.88 Å². The Morgan fingerprint density at radius 2 is 1.65 bits per heavy atom. The molecule has 0 spiro atoms. The van der Waals surface area contributed by atoms with Gasteiger partial charge in [0.25, 0.3) is 0 Å². The van der Waals surface area contributed by atoms with Gasteiger partial charge in [0.2, 0.25) is 5.56 Å². The van der Waals surface area contributed by atoms with Gasteiger partial charge in [-0.05, 0) is 47.7 Å². The second-order valence-electron chi connectivity index (χ2n) is 7.22. The Labute approximate surface area is 158 Å². The zero-order valence-corrected chi connectivity index (χ0v) is 16.7. The summed E-state index contributed by atoms with van der Waals surface area (Å²) < 4.78 is 0. The smallest absolute Gasteiger partial charge is 0.247 e. The van der Waals surface area contributed by atoms with Crippen LogP contribution in [0.5, 0.6) is 0 Å². The molecule has 2 aromatic rings. The maximum Gasteiger partial charge on any atom is 0.247 e. The monoisotopic (exact) mass is 354 g/mol. The van der Waals surface area contributed by atoms with Crippen LogP contribution in [0, 0.1) is 0 Å². The summed E-state index contributed by atoms with van der Waals surface area (Å²) in [6, 6.07) is 9.97. The third-order valence-electron chi connectivity index (χ3n) is 5.01. The van der Waals surface area contributed by atoms with Gasteiger partial charge in [0.1, 0.15) is 0 Å². The minimum absolute atomic E-state index is 0.0588. The van der Waals surface area contributed by atoms with Crippen molar-refractivity contribution in [1.82, 2.24) is 4.98 Å². The molecule has 3 heteroatoms. The van der Waals surface area contributed by atoms with Crippen LogP contribution < -0.4 is 10.5 Å². The molecule has 0 bridgehead atoms. The van der Waals surface area contributed by atoms with E-state index >= 15 is 0 Å². The van der Waals surface area contributed by atoms with Gasteiger partial charge in [0.05, 0.1) is 0 Å². The quantitative estimate of drug-likeness (QED) is 0.666. The molecule has 0 fully saturated rings. The third-order valence-corrected chi connectivity index (χ3v) is 5.01. The van der Waals surface area contributed by atoms with E-state index in [0.29, 0.717) is 0 Å². The number of unbranched alkanes of at least 4 members (excludes halogenated alkanes) is 5. The number of anilines is 1. The minimum Gasteiger partial charge on any atom is -0.374 e. The molecule has 2 heterocycles. The number of aromatic nitrogens is 1. The molecular weight excluding hydrogens is 320 g/mol. The van der Waals surface area contributed by atoms with E-state index in [0.717, 1.165) is 18.5 Å². The molecule has 1 N–H and O–H groups in total. The molecule has 0 radical (unpaired) electrons. The third kappa shape index (κ3) is 6.05. The first-order valence-electron chi connectivity index (χ1n) is 10.2. The van der Waals surface area contributed by atoms with Crippen LogP contribution in [0.15, 0.2) is 41.3 Å². The standard InChI is InChI=1S/C15H16N2O.C8H18/c1-17-8-2-3-12-9-11(4-6-14(12)17)13-5-7-15(18)16-10-13;1-3-5-7-8-6-4-2/h4-7,9-10H,2-3,8H2,1H3,(H,16,18);3-8H2,1-2H3. The van der Waals surface area contributed by atoms with Crippen molar-refractivity contribution < 1.29 is 0 Å². The van der Waals surface area contributed by atoms with Crippen LogP contribution >= 0.6 is 0 Å². The zero-order valence-electron chi connectivity index (χ0n) is 16.7. The van der Waals surface area contributed by atoms with Crippen molar-refractivity contribution in [2.75, 3.05) is 18.5 Å². The van der Waals surface area contributed by atoms with Crippen molar-refractivity contribution in [3.8, 4) is 11.1 Å². The van der Waals surface area contributed by atoms with E-state index in [9.17, 15) is 4.79 Å².